The molecule has 2 heteroatoms. The van der Waals surface area contributed by atoms with Crippen molar-refractivity contribution in [2.75, 3.05) is 11.5 Å². The molecule has 0 atom stereocenters. The van der Waals surface area contributed by atoms with Gasteiger partial charge in [-0.15, -0.1) is 0 Å². The Morgan fingerprint density at radius 3 is 0.864 bits per heavy atom. The molecule has 4 aromatic rings. The summed E-state index contributed by atoms with van der Waals surface area (Å²) >= 11 is 0. The Morgan fingerprint density at radius 2 is 0.542 bits per heavy atom. The SMILES string of the molecule is CCCCCCCc1cc(CCCCCCCCCCCCCCCCCc2ccc(Cc3ccc(N)cc3)c(CCCCCCC)c2)ccc1Cc1ccc(N)cc1. The van der Waals surface area contributed by atoms with Crippen molar-refractivity contribution < 1.29 is 0 Å². The van der Waals surface area contributed by atoms with Crippen molar-refractivity contribution in [2.45, 2.75) is 213 Å². The molecule has 0 saturated heterocycles. The number of aryl methyl sites for hydroxylation is 4. The molecule has 0 spiro atoms. The molecule has 4 N–H and O–H groups in total. The number of hydrogen-bond acceptors (Lipinski definition) is 2. The van der Waals surface area contributed by atoms with Crippen molar-refractivity contribution in [2.24, 2.45) is 0 Å². The molecular formula is C57H86N2. The van der Waals surface area contributed by atoms with Crippen LogP contribution in [0.4, 0.5) is 11.4 Å². The minimum absolute atomic E-state index is 0.848. The van der Waals surface area contributed by atoms with E-state index in [-0.39, 0.29) is 0 Å². The summed E-state index contributed by atoms with van der Waals surface area (Å²) in [4.78, 5) is 0. The van der Waals surface area contributed by atoms with Crippen LogP contribution in [0, 0.1) is 0 Å². The predicted octanol–water partition coefficient (Wildman–Crippen LogP) is 16.7. The Kier molecular flexibility index (Phi) is 24.9. The van der Waals surface area contributed by atoms with E-state index in [2.05, 4.69) is 74.5 Å². The van der Waals surface area contributed by atoms with E-state index in [1.807, 2.05) is 24.3 Å². The van der Waals surface area contributed by atoms with Crippen molar-refractivity contribution >= 4 is 11.4 Å². The topological polar surface area (TPSA) is 52.0 Å². The van der Waals surface area contributed by atoms with E-state index in [0.29, 0.717) is 0 Å². The van der Waals surface area contributed by atoms with Gasteiger partial charge in [-0.3, -0.25) is 0 Å². The first kappa shape index (κ1) is 48.1. The lowest BCUT2D eigenvalue weighted by molar-refractivity contribution is 0.530. The van der Waals surface area contributed by atoms with Gasteiger partial charge in [0.1, 0.15) is 0 Å². The molecule has 2 nitrogen and oxygen atoms in total. The second kappa shape index (κ2) is 30.5. The van der Waals surface area contributed by atoms with Crippen molar-refractivity contribution in [3.05, 3.63) is 129 Å². The summed E-state index contributed by atoms with van der Waals surface area (Å²) in [5, 5.41) is 0. The minimum atomic E-state index is 0.848. The van der Waals surface area contributed by atoms with Crippen molar-refractivity contribution in [3.63, 3.8) is 0 Å². The Morgan fingerprint density at radius 1 is 0.271 bits per heavy atom. The van der Waals surface area contributed by atoms with Crippen LogP contribution in [0.3, 0.4) is 0 Å². The van der Waals surface area contributed by atoms with E-state index < -0.39 is 0 Å². The van der Waals surface area contributed by atoms with Crippen molar-refractivity contribution in [1.29, 1.82) is 0 Å². The zero-order valence-corrected chi connectivity index (χ0v) is 38.2. The highest BCUT2D eigenvalue weighted by Crippen LogP contribution is 2.24. The fourth-order valence-corrected chi connectivity index (χ4v) is 8.99. The maximum Gasteiger partial charge on any atom is 0.0314 e. The summed E-state index contributed by atoms with van der Waals surface area (Å²) in [5.41, 5.74) is 25.6. The molecule has 4 rings (SSSR count). The van der Waals surface area contributed by atoms with Crippen LogP contribution < -0.4 is 11.5 Å². The normalized spacial score (nSPS) is 11.4. The van der Waals surface area contributed by atoms with Gasteiger partial charge in [0.2, 0.25) is 0 Å². The van der Waals surface area contributed by atoms with Crippen LogP contribution in [-0.4, -0.2) is 0 Å². The minimum Gasteiger partial charge on any atom is -0.399 e. The molecule has 0 fully saturated rings. The number of nitrogen functional groups attached to an aromatic ring is 2. The van der Waals surface area contributed by atoms with Crippen molar-refractivity contribution in [1.82, 2.24) is 0 Å². The number of hydrogen-bond donors (Lipinski definition) is 2. The Balaban J connectivity index is 1.00. The average molecular weight is 799 g/mol. The summed E-state index contributed by atoms with van der Waals surface area (Å²) in [5.74, 6) is 0. The third kappa shape index (κ3) is 21.0. The molecule has 0 unspecified atom stereocenters. The van der Waals surface area contributed by atoms with E-state index in [0.717, 1.165) is 24.2 Å². The van der Waals surface area contributed by atoms with Gasteiger partial charge in [0.25, 0.3) is 0 Å². The molecule has 0 saturated carbocycles. The fraction of sp³-hybridized carbons (Fsp3) is 0.579. The molecule has 0 radical (unpaired) electrons. The molecule has 0 heterocycles. The highest BCUT2D eigenvalue weighted by atomic mass is 14.5. The van der Waals surface area contributed by atoms with Crippen LogP contribution in [0.15, 0.2) is 84.9 Å². The molecule has 0 aliphatic carbocycles. The molecular weight excluding hydrogens is 713 g/mol. The first-order valence-electron chi connectivity index (χ1n) is 24.9. The zero-order chi connectivity index (χ0) is 41.6. The fourth-order valence-electron chi connectivity index (χ4n) is 8.99. The summed E-state index contributed by atoms with van der Waals surface area (Å²) < 4.78 is 0. The second-order valence-corrected chi connectivity index (χ2v) is 18.2. The van der Waals surface area contributed by atoms with Crippen molar-refractivity contribution in [3.8, 4) is 0 Å². The van der Waals surface area contributed by atoms with Gasteiger partial charge in [0.05, 0.1) is 0 Å². The molecule has 0 bridgehead atoms. The van der Waals surface area contributed by atoms with Crippen LogP contribution in [0.1, 0.15) is 219 Å². The van der Waals surface area contributed by atoms with Gasteiger partial charge >= 0.3 is 0 Å². The van der Waals surface area contributed by atoms with Gasteiger partial charge in [0.15, 0.2) is 0 Å². The molecule has 0 aromatic heterocycles. The summed E-state index contributed by atoms with van der Waals surface area (Å²) in [6, 6.07) is 31.7. The molecule has 0 aliphatic rings. The lowest BCUT2D eigenvalue weighted by atomic mass is 9.92. The van der Waals surface area contributed by atoms with Crippen LogP contribution in [0.25, 0.3) is 0 Å². The second-order valence-electron chi connectivity index (χ2n) is 18.2. The Hall–Kier alpha value is -3.52. The van der Waals surface area contributed by atoms with Crippen LogP contribution in [0.5, 0.6) is 0 Å². The largest absolute Gasteiger partial charge is 0.399 e. The molecule has 0 amide bonds. The van der Waals surface area contributed by atoms with E-state index >= 15 is 0 Å². The highest BCUT2D eigenvalue weighted by Gasteiger charge is 2.09. The van der Waals surface area contributed by atoms with Gasteiger partial charge in [0, 0.05) is 11.4 Å². The third-order valence-electron chi connectivity index (χ3n) is 12.8. The van der Waals surface area contributed by atoms with Gasteiger partial charge in [-0.05, 0) is 133 Å². The van der Waals surface area contributed by atoms with Crippen LogP contribution in [0.2, 0.25) is 0 Å². The Bertz CT molecular complexity index is 1510. The maximum atomic E-state index is 5.95. The van der Waals surface area contributed by atoms with Gasteiger partial charge in [-0.1, -0.05) is 209 Å². The molecule has 0 aliphatic heterocycles. The van der Waals surface area contributed by atoms with E-state index in [4.69, 9.17) is 11.5 Å². The molecule has 324 valence electrons. The van der Waals surface area contributed by atoms with Crippen LogP contribution >= 0.6 is 0 Å². The lowest BCUT2D eigenvalue weighted by Crippen LogP contribution is -1.99. The summed E-state index contributed by atoms with van der Waals surface area (Å²) in [7, 11) is 0. The maximum absolute atomic E-state index is 5.95. The summed E-state index contributed by atoms with van der Waals surface area (Å²) in [6.45, 7) is 4.60. The zero-order valence-electron chi connectivity index (χ0n) is 38.2. The average Bonchev–Trinajstić information content (AvgIpc) is 3.24. The summed E-state index contributed by atoms with van der Waals surface area (Å²) in [6.07, 6.45) is 41.4. The third-order valence-corrected chi connectivity index (χ3v) is 12.8. The smallest absolute Gasteiger partial charge is 0.0314 e. The number of benzene rings is 4. The number of unbranched alkanes of at least 4 members (excludes halogenated alkanes) is 22. The number of anilines is 2. The predicted molar refractivity (Wildman–Crippen MR) is 262 cm³/mol. The number of nitrogens with two attached hydrogens (primary N) is 2. The van der Waals surface area contributed by atoms with Gasteiger partial charge in [-0.25, -0.2) is 0 Å². The van der Waals surface area contributed by atoms with Crippen LogP contribution in [-0.2, 0) is 38.5 Å². The lowest BCUT2D eigenvalue weighted by Gasteiger charge is -2.13. The molecule has 59 heavy (non-hydrogen) atoms. The van der Waals surface area contributed by atoms with E-state index in [1.165, 1.54) is 208 Å². The van der Waals surface area contributed by atoms with E-state index in [9.17, 15) is 0 Å². The standard InChI is InChI=1S/C57H86N2/c1-3-5-7-20-26-30-52-44-48(32-38-54(52)46-50-34-40-56(58)41-35-50)28-24-22-18-16-14-12-10-9-11-13-15-17-19-23-25-29-49-33-39-55(47-51-36-42-57(59)43-37-51)53(45-49)31-27-21-8-6-4-2/h32-45H,3-31,46-47,58-59H2,1-2H3. The van der Waals surface area contributed by atoms with Gasteiger partial charge in [-0.2, -0.15) is 0 Å². The highest BCUT2D eigenvalue weighted by molar-refractivity contribution is 5.43. The Labute approximate surface area is 363 Å². The van der Waals surface area contributed by atoms with Gasteiger partial charge < -0.3 is 11.5 Å². The number of rotatable bonds is 34. The first-order valence-corrected chi connectivity index (χ1v) is 24.9. The quantitative estimate of drug-likeness (QED) is 0.0365. The van der Waals surface area contributed by atoms with E-state index in [1.54, 1.807) is 22.3 Å². The molecule has 4 aromatic carbocycles. The monoisotopic (exact) mass is 799 g/mol. The first-order chi connectivity index (χ1) is 29.0.